The number of carboxylic acid groups (broad SMARTS) is 1. The molecule has 1 amide bonds. The number of amides is 1. The standard InChI is InChI=1S/C17H15NO6/c19-12-4-1-10(2-5-12)7-13(17(21)22)18-16(20)11-3-6-14-15(8-11)24-9-23-14/h1-6,8,13,19H,7,9H2,(H,18,20)(H,21,22)/t13-/m1/s1. The summed E-state index contributed by atoms with van der Waals surface area (Å²) in [6.45, 7) is 0.0962. The van der Waals surface area contributed by atoms with Crippen molar-refractivity contribution >= 4 is 11.9 Å². The van der Waals surface area contributed by atoms with Crippen molar-refractivity contribution < 1.29 is 29.3 Å². The van der Waals surface area contributed by atoms with Gasteiger partial charge in [0.25, 0.3) is 5.91 Å². The first kappa shape index (κ1) is 15.7. The summed E-state index contributed by atoms with van der Waals surface area (Å²) in [5.41, 5.74) is 0.974. The number of ether oxygens (including phenoxy) is 2. The van der Waals surface area contributed by atoms with Crippen molar-refractivity contribution in [2.75, 3.05) is 6.79 Å². The van der Waals surface area contributed by atoms with Crippen molar-refractivity contribution in [3.05, 3.63) is 53.6 Å². The SMILES string of the molecule is O=C(N[C@H](Cc1ccc(O)cc1)C(=O)O)c1ccc2c(c1)OCO2. The van der Waals surface area contributed by atoms with Gasteiger partial charge in [-0.3, -0.25) is 4.79 Å². The second-order valence-corrected chi connectivity index (χ2v) is 5.30. The van der Waals surface area contributed by atoms with Crippen LogP contribution in [-0.2, 0) is 11.2 Å². The van der Waals surface area contributed by atoms with Crippen LogP contribution in [0.25, 0.3) is 0 Å². The van der Waals surface area contributed by atoms with Crippen LogP contribution in [0.3, 0.4) is 0 Å². The highest BCUT2D eigenvalue weighted by Gasteiger charge is 2.23. The molecule has 0 aromatic heterocycles. The number of hydrogen-bond acceptors (Lipinski definition) is 5. The van der Waals surface area contributed by atoms with E-state index in [9.17, 15) is 19.8 Å². The van der Waals surface area contributed by atoms with Crippen molar-refractivity contribution in [2.24, 2.45) is 0 Å². The summed E-state index contributed by atoms with van der Waals surface area (Å²) in [5, 5.41) is 21.1. The van der Waals surface area contributed by atoms with Crippen LogP contribution in [0.4, 0.5) is 0 Å². The van der Waals surface area contributed by atoms with Gasteiger partial charge >= 0.3 is 5.97 Å². The molecule has 7 nitrogen and oxygen atoms in total. The quantitative estimate of drug-likeness (QED) is 0.768. The number of carbonyl (C=O) groups is 2. The lowest BCUT2D eigenvalue weighted by atomic mass is 10.1. The molecule has 7 heteroatoms. The number of carbonyl (C=O) groups excluding carboxylic acids is 1. The monoisotopic (exact) mass is 329 g/mol. The third-order valence-electron chi connectivity index (χ3n) is 3.61. The van der Waals surface area contributed by atoms with E-state index in [2.05, 4.69) is 5.32 Å². The molecule has 1 aliphatic rings. The Labute approximate surface area is 137 Å². The lowest BCUT2D eigenvalue weighted by Gasteiger charge is -2.15. The van der Waals surface area contributed by atoms with Gasteiger partial charge < -0.3 is 25.0 Å². The maximum atomic E-state index is 12.3. The van der Waals surface area contributed by atoms with Crippen LogP contribution in [0.1, 0.15) is 15.9 Å². The summed E-state index contributed by atoms with van der Waals surface area (Å²) >= 11 is 0. The molecule has 124 valence electrons. The second-order valence-electron chi connectivity index (χ2n) is 5.30. The summed E-state index contributed by atoms with van der Waals surface area (Å²) in [5.74, 6) is -0.565. The number of aromatic hydroxyl groups is 1. The zero-order valence-electron chi connectivity index (χ0n) is 12.6. The molecule has 3 N–H and O–H groups in total. The van der Waals surface area contributed by atoms with Gasteiger partial charge in [-0.25, -0.2) is 4.79 Å². The highest BCUT2D eigenvalue weighted by atomic mass is 16.7. The zero-order chi connectivity index (χ0) is 17.1. The van der Waals surface area contributed by atoms with Gasteiger partial charge in [0, 0.05) is 12.0 Å². The molecule has 0 radical (unpaired) electrons. The summed E-state index contributed by atoms with van der Waals surface area (Å²) < 4.78 is 10.4. The van der Waals surface area contributed by atoms with Gasteiger partial charge in [-0.15, -0.1) is 0 Å². The van der Waals surface area contributed by atoms with Crippen LogP contribution in [0.15, 0.2) is 42.5 Å². The van der Waals surface area contributed by atoms with E-state index >= 15 is 0 Å². The molecule has 3 rings (SSSR count). The van der Waals surface area contributed by atoms with Crippen molar-refractivity contribution in [3.63, 3.8) is 0 Å². The fourth-order valence-electron chi connectivity index (χ4n) is 2.35. The Morgan fingerprint density at radius 2 is 1.79 bits per heavy atom. The maximum absolute atomic E-state index is 12.3. The summed E-state index contributed by atoms with van der Waals surface area (Å²) in [6.07, 6.45) is 0.103. The molecule has 1 heterocycles. The van der Waals surface area contributed by atoms with Crippen molar-refractivity contribution in [2.45, 2.75) is 12.5 Å². The Balaban J connectivity index is 1.72. The first-order valence-corrected chi connectivity index (χ1v) is 7.24. The fourth-order valence-corrected chi connectivity index (χ4v) is 2.35. The number of phenolic OH excluding ortho intramolecular Hbond substituents is 1. The van der Waals surface area contributed by atoms with Crippen LogP contribution in [0, 0.1) is 0 Å². The van der Waals surface area contributed by atoms with Crippen LogP contribution in [-0.4, -0.2) is 34.9 Å². The fraction of sp³-hybridized carbons (Fsp3) is 0.176. The minimum Gasteiger partial charge on any atom is -0.508 e. The van der Waals surface area contributed by atoms with Crippen molar-refractivity contribution in [3.8, 4) is 17.2 Å². The van der Waals surface area contributed by atoms with E-state index < -0.39 is 17.9 Å². The van der Waals surface area contributed by atoms with Crippen LogP contribution in [0.5, 0.6) is 17.2 Å². The molecule has 1 aliphatic heterocycles. The molecule has 2 aromatic rings. The normalized spacial score (nSPS) is 13.3. The van der Waals surface area contributed by atoms with Gasteiger partial charge in [0.2, 0.25) is 6.79 Å². The third-order valence-corrected chi connectivity index (χ3v) is 3.61. The van der Waals surface area contributed by atoms with Gasteiger partial charge in [-0.2, -0.15) is 0 Å². The zero-order valence-corrected chi connectivity index (χ0v) is 12.6. The van der Waals surface area contributed by atoms with E-state index in [0.29, 0.717) is 17.1 Å². The summed E-state index contributed by atoms with van der Waals surface area (Å²) in [6, 6.07) is 9.72. The highest BCUT2D eigenvalue weighted by molar-refractivity contribution is 5.97. The molecule has 0 fully saturated rings. The molecule has 2 aromatic carbocycles. The van der Waals surface area contributed by atoms with Crippen LogP contribution >= 0.6 is 0 Å². The molecule has 1 atom stereocenters. The van der Waals surface area contributed by atoms with Crippen LogP contribution in [0.2, 0.25) is 0 Å². The number of rotatable bonds is 5. The Bertz CT molecular complexity index is 771. The van der Waals surface area contributed by atoms with Gasteiger partial charge in [0.1, 0.15) is 11.8 Å². The first-order chi connectivity index (χ1) is 11.5. The van der Waals surface area contributed by atoms with Gasteiger partial charge in [-0.05, 0) is 35.9 Å². The van der Waals surface area contributed by atoms with Crippen molar-refractivity contribution in [1.29, 1.82) is 0 Å². The van der Waals surface area contributed by atoms with Crippen molar-refractivity contribution in [1.82, 2.24) is 5.32 Å². The molecule has 24 heavy (non-hydrogen) atoms. The molecular formula is C17H15NO6. The number of hydrogen-bond donors (Lipinski definition) is 3. The average molecular weight is 329 g/mol. The van der Waals surface area contributed by atoms with E-state index in [0.717, 1.165) is 0 Å². The number of benzene rings is 2. The van der Waals surface area contributed by atoms with E-state index in [4.69, 9.17) is 9.47 Å². The second kappa shape index (κ2) is 6.49. The van der Waals surface area contributed by atoms with Gasteiger partial charge in [-0.1, -0.05) is 12.1 Å². The van der Waals surface area contributed by atoms with Gasteiger partial charge in [0.05, 0.1) is 0 Å². The number of nitrogens with one attached hydrogen (secondary N) is 1. The highest BCUT2D eigenvalue weighted by Crippen LogP contribution is 2.32. The third kappa shape index (κ3) is 3.40. The molecule has 0 spiro atoms. The smallest absolute Gasteiger partial charge is 0.326 e. The Morgan fingerprint density at radius 3 is 2.50 bits per heavy atom. The largest absolute Gasteiger partial charge is 0.508 e. The molecule has 0 bridgehead atoms. The predicted molar refractivity (Wildman–Crippen MR) is 83.3 cm³/mol. The molecule has 0 unspecified atom stereocenters. The molecule has 0 aliphatic carbocycles. The lowest BCUT2D eigenvalue weighted by Crippen LogP contribution is -2.42. The predicted octanol–water partition coefficient (Wildman–Crippen LogP) is 1.55. The Hall–Kier alpha value is -3.22. The van der Waals surface area contributed by atoms with Crippen LogP contribution < -0.4 is 14.8 Å². The van der Waals surface area contributed by atoms with E-state index in [1.807, 2.05) is 0 Å². The Kier molecular flexibility index (Phi) is 4.24. The minimum absolute atomic E-state index is 0.0926. The number of fused-ring (bicyclic) bond motifs is 1. The molecular weight excluding hydrogens is 314 g/mol. The number of carboxylic acids is 1. The van der Waals surface area contributed by atoms with E-state index in [1.165, 1.54) is 18.2 Å². The first-order valence-electron chi connectivity index (χ1n) is 7.24. The average Bonchev–Trinajstić information content (AvgIpc) is 3.03. The lowest BCUT2D eigenvalue weighted by molar-refractivity contribution is -0.139. The summed E-state index contributed by atoms with van der Waals surface area (Å²) in [4.78, 5) is 23.7. The maximum Gasteiger partial charge on any atom is 0.326 e. The number of phenols is 1. The van der Waals surface area contributed by atoms with E-state index in [1.54, 1.807) is 24.3 Å². The topological polar surface area (TPSA) is 105 Å². The number of aliphatic carboxylic acids is 1. The molecule has 0 saturated carbocycles. The Morgan fingerprint density at radius 1 is 1.08 bits per heavy atom. The molecule has 0 saturated heterocycles. The van der Waals surface area contributed by atoms with Gasteiger partial charge in [0.15, 0.2) is 11.5 Å². The summed E-state index contributed by atoms with van der Waals surface area (Å²) in [7, 11) is 0. The minimum atomic E-state index is -1.14. The van der Waals surface area contributed by atoms with E-state index in [-0.39, 0.29) is 24.5 Å².